The maximum Gasteiger partial charge on any atom is 0.309 e. The maximum absolute atomic E-state index is 12.5. The topological polar surface area (TPSA) is 72.9 Å². The van der Waals surface area contributed by atoms with Gasteiger partial charge in [0.05, 0.1) is 13.0 Å². The molecule has 3 rings (SSSR count). The van der Waals surface area contributed by atoms with Gasteiger partial charge in [-0.25, -0.2) is 0 Å². The molecule has 31 heavy (non-hydrogen) atoms. The van der Waals surface area contributed by atoms with Crippen molar-refractivity contribution < 1.29 is 23.9 Å². The number of Topliss-reactive ketones (excluding diaryl/α,β-unsaturated/α-hetero) is 1. The number of ketones is 1. The molecule has 0 unspecified atom stereocenters. The number of nitrogens with zero attached hydrogens (tertiary/aromatic N) is 1. The average molecular weight is 421 g/mol. The summed E-state index contributed by atoms with van der Waals surface area (Å²) in [5.74, 6) is -0.0789. The van der Waals surface area contributed by atoms with E-state index in [-0.39, 0.29) is 30.2 Å². The smallest absolute Gasteiger partial charge is 0.309 e. The molecular weight excluding hydrogens is 394 g/mol. The molecule has 1 aliphatic rings. The lowest BCUT2D eigenvalue weighted by Gasteiger charge is -2.30. The van der Waals surface area contributed by atoms with Crippen molar-refractivity contribution in [2.24, 2.45) is 5.92 Å². The van der Waals surface area contributed by atoms with Gasteiger partial charge in [0.25, 0.3) is 0 Å². The first-order valence-electron chi connectivity index (χ1n) is 10.3. The number of ether oxygens (including phenoxy) is 2. The van der Waals surface area contributed by atoms with Crippen LogP contribution in [-0.4, -0.2) is 42.8 Å². The molecule has 2 aromatic carbocycles. The number of esters is 1. The van der Waals surface area contributed by atoms with Crippen LogP contribution in [0.3, 0.4) is 0 Å². The van der Waals surface area contributed by atoms with E-state index in [1.807, 2.05) is 30.3 Å². The summed E-state index contributed by atoms with van der Waals surface area (Å²) >= 11 is 0. The first-order valence-corrected chi connectivity index (χ1v) is 10.3. The van der Waals surface area contributed by atoms with Gasteiger partial charge in [0.15, 0.2) is 5.78 Å². The number of methoxy groups -OCH3 is 1. The standard InChI is InChI=1S/C25H27NO5/c1-18(27)21-9-10-23(30-2)22(16-21)17-31-25(29)20-12-14-26(15-13-20)24(28)11-8-19-6-4-3-5-7-19/h3-11,16,20H,12-15,17H2,1-2H3/b11-8+. The number of rotatable bonds is 7. The minimum Gasteiger partial charge on any atom is -0.496 e. The van der Waals surface area contributed by atoms with E-state index in [1.165, 1.54) is 14.0 Å². The molecule has 1 amide bonds. The fraction of sp³-hybridized carbons (Fsp3) is 0.320. The second-order valence-corrected chi connectivity index (χ2v) is 7.53. The van der Waals surface area contributed by atoms with Gasteiger partial charge in [-0.1, -0.05) is 30.3 Å². The molecule has 0 saturated carbocycles. The van der Waals surface area contributed by atoms with Crippen LogP contribution in [0.4, 0.5) is 0 Å². The highest BCUT2D eigenvalue weighted by Crippen LogP contribution is 2.24. The Morgan fingerprint density at radius 2 is 1.77 bits per heavy atom. The third-order valence-corrected chi connectivity index (χ3v) is 5.41. The number of piperidine rings is 1. The number of hydrogen-bond donors (Lipinski definition) is 0. The summed E-state index contributed by atoms with van der Waals surface area (Å²) in [7, 11) is 1.53. The first-order chi connectivity index (χ1) is 15.0. The van der Waals surface area contributed by atoms with Crippen LogP contribution in [0.2, 0.25) is 0 Å². The lowest BCUT2D eigenvalue weighted by Crippen LogP contribution is -2.39. The summed E-state index contributed by atoms with van der Waals surface area (Å²) in [6, 6.07) is 14.7. The fourth-order valence-electron chi connectivity index (χ4n) is 3.55. The Morgan fingerprint density at radius 3 is 2.42 bits per heavy atom. The monoisotopic (exact) mass is 421 g/mol. The Morgan fingerprint density at radius 1 is 1.06 bits per heavy atom. The highest BCUT2D eigenvalue weighted by Gasteiger charge is 2.28. The second kappa shape index (κ2) is 10.6. The van der Waals surface area contributed by atoms with Crippen molar-refractivity contribution in [2.45, 2.75) is 26.4 Å². The molecule has 0 atom stereocenters. The highest BCUT2D eigenvalue weighted by atomic mass is 16.5. The minimum atomic E-state index is -0.290. The Hall–Kier alpha value is -3.41. The Balaban J connectivity index is 1.50. The normalized spacial score (nSPS) is 14.5. The number of amides is 1. The van der Waals surface area contributed by atoms with E-state index in [9.17, 15) is 14.4 Å². The van der Waals surface area contributed by atoms with Gasteiger partial charge in [0, 0.05) is 30.3 Å². The Kier molecular flexibility index (Phi) is 7.60. The lowest BCUT2D eigenvalue weighted by atomic mass is 9.97. The van der Waals surface area contributed by atoms with Crippen molar-refractivity contribution in [3.63, 3.8) is 0 Å². The third kappa shape index (κ3) is 6.04. The van der Waals surface area contributed by atoms with Crippen LogP contribution in [0, 0.1) is 5.92 Å². The summed E-state index contributed by atoms with van der Waals surface area (Å²) < 4.78 is 10.8. The Bertz CT molecular complexity index is 959. The SMILES string of the molecule is COc1ccc(C(C)=O)cc1COC(=O)C1CCN(C(=O)/C=C/c2ccccc2)CC1. The number of carbonyl (C=O) groups is 3. The first kappa shape index (κ1) is 22.3. The molecular formula is C25H27NO5. The zero-order valence-corrected chi connectivity index (χ0v) is 17.9. The van der Waals surface area contributed by atoms with E-state index >= 15 is 0 Å². The van der Waals surface area contributed by atoms with E-state index < -0.39 is 0 Å². The molecule has 0 spiro atoms. The van der Waals surface area contributed by atoms with Gasteiger partial charge in [-0.15, -0.1) is 0 Å². The number of carbonyl (C=O) groups excluding carboxylic acids is 3. The molecule has 6 heteroatoms. The molecule has 0 bridgehead atoms. The van der Waals surface area contributed by atoms with E-state index in [2.05, 4.69) is 0 Å². The molecule has 0 N–H and O–H groups in total. The van der Waals surface area contributed by atoms with Crippen LogP contribution in [0.25, 0.3) is 6.08 Å². The van der Waals surface area contributed by atoms with Gasteiger partial charge in [0.2, 0.25) is 5.91 Å². The van der Waals surface area contributed by atoms with Crippen LogP contribution < -0.4 is 4.74 Å². The van der Waals surface area contributed by atoms with Gasteiger partial charge in [-0.05, 0) is 49.6 Å². The molecule has 1 aliphatic heterocycles. The Labute approximate surface area is 182 Å². The van der Waals surface area contributed by atoms with Gasteiger partial charge in [-0.3, -0.25) is 14.4 Å². The van der Waals surface area contributed by atoms with Crippen LogP contribution in [-0.2, 0) is 20.9 Å². The predicted molar refractivity (Wildman–Crippen MR) is 118 cm³/mol. The quantitative estimate of drug-likeness (QED) is 0.385. The molecule has 0 aromatic heterocycles. The minimum absolute atomic E-state index is 0.0437. The molecule has 1 heterocycles. The molecule has 1 saturated heterocycles. The van der Waals surface area contributed by atoms with Gasteiger partial charge in [-0.2, -0.15) is 0 Å². The van der Waals surface area contributed by atoms with Gasteiger partial charge in [0.1, 0.15) is 12.4 Å². The number of likely N-dealkylation sites (tertiary alicyclic amines) is 1. The van der Waals surface area contributed by atoms with Crippen molar-refractivity contribution in [1.29, 1.82) is 0 Å². The zero-order valence-electron chi connectivity index (χ0n) is 17.9. The summed E-state index contributed by atoms with van der Waals surface area (Å²) in [4.78, 5) is 38.3. The van der Waals surface area contributed by atoms with Crippen molar-refractivity contribution in [3.05, 3.63) is 71.3 Å². The molecule has 1 fully saturated rings. The molecule has 0 aliphatic carbocycles. The lowest BCUT2D eigenvalue weighted by molar-refractivity contribution is -0.152. The van der Waals surface area contributed by atoms with E-state index in [0.717, 1.165) is 5.56 Å². The number of hydrogen-bond acceptors (Lipinski definition) is 5. The van der Waals surface area contributed by atoms with Crippen molar-refractivity contribution in [3.8, 4) is 5.75 Å². The molecule has 2 aromatic rings. The van der Waals surface area contributed by atoms with Crippen molar-refractivity contribution >= 4 is 23.7 Å². The second-order valence-electron chi connectivity index (χ2n) is 7.53. The molecule has 0 radical (unpaired) electrons. The molecule has 162 valence electrons. The third-order valence-electron chi connectivity index (χ3n) is 5.41. The highest BCUT2D eigenvalue weighted by molar-refractivity contribution is 5.94. The number of benzene rings is 2. The van der Waals surface area contributed by atoms with E-state index in [1.54, 1.807) is 35.3 Å². The van der Waals surface area contributed by atoms with E-state index in [0.29, 0.717) is 42.8 Å². The van der Waals surface area contributed by atoms with Gasteiger partial charge < -0.3 is 14.4 Å². The van der Waals surface area contributed by atoms with Crippen LogP contribution in [0.15, 0.2) is 54.6 Å². The summed E-state index contributed by atoms with van der Waals surface area (Å²) in [5.41, 5.74) is 2.17. The van der Waals surface area contributed by atoms with Gasteiger partial charge >= 0.3 is 5.97 Å². The maximum atomic E-state index is 12.5. The predicted octanol–water partition coefficient (Wildman–Crippen LogP) is 3.89. The largest absolute Gasteiger partial charge is 0.496 e. The van der Waals surface area contributed by atoms with Crippen LogP contribution >= 0.6 is 0 Å². The van der Waals surface area contributed by atoms with Crippen molar-refractivity contribution in [2.75, 3.05) is 20.2 Å². The van der Waals surface area contributed by atoms with Crippen molar-refractivity contribution in [1.82, 2.24) is 4.90 Å². The van der Waals surface area contributed by atoms with Crippen LogP contribution in [0.1, 0.15) is 41.3 Å². The zero-order chi connectivity index (χ0) is 22.2. The summed E-state index contributed by atoms with van der Waals surface area (Å²) in [5, 5.41) is 0. The summed E-state index contributed by atoms with van der Waals surface area (Å²) in [6.07, 6.45) is 4.50. The fourth-order valence-corrected chi connectivity index (χ4v) is 3.55. The van der Waals surface area contributed by atoms with Crippen LogP contribution in [0.5, 0.6) is 5.75 Å². The van der Waals surface area contributed by atoms with E-state index in [4.69, 9.17) is 9.47 Å². The average Bonchev–Trinajstić information content (AvgIpc) is 2.81. The molecule has 6 nitrogen and oxygen atoms in total. The summed E-state index contributed by atoms with van der Waals surface area (Å²) in [6.45, 7) is 2.56.